The average molecular weight is 437 g/mol. The number of carbonyl (C=O) groups is 2. The summed E-state index contributed by atoms with van der Waals surface area (Å²) in [7, 11) is 1.59. The first-order valence-electron chi connectivity index (χ1n) is 11.7. The molecule has 7 nitrogen and oxygen atoms in total. The largest absolute Gasteiger partial charge is 0.497 e. The van der Waals surface area contributed by atoms with Gasteiger partial charge in [-0.3, -0.25) is 9.59 Å². The summed E-state index contributed by atoms with van der Waals surface area (Å²) >= 11 is 0. The number of benzene rings is 1. The Bertz CT molecular complexity index is 971. The molecule has 1 aromatic heterocycles. The molecule has 0 bridgehead atoms. The zero-order chi connectivity index (χ0) is 22.5. The van der Waals surface area contributed by atoms with Crippen LogP contribution in [0, 0.1) is 6.92 Å². The van der Waals surface area contributed by atoms with Crippen LogP contribution in [-0.2, 0) is 0 Å². The topological polar surface area (TPSA) is 84.4 Å². The van der Waals surface area contributed by atoms with Crippen molar-refractivity contribution < 1.29 is 14.3 Å². The van der Waals surface area contributed by atoms with Crippen LogP contribution in [0.4, 0.5) is 0 Å². The highest BCUT2D eigenvalue weighted by molar-refractivity contribution is 5.97. The van der Waals surface area contributed by atoms with Gasteiger partial charge in [0.15, 0.2) is 0 Å². The normalized spacial score (nSPS) is 19.4. The summed E-state index contributed by atoms with van der Waals surface area (Å²) in [6.07, 6.45) is 9.86. The van der Waals surface area contributed by atoms with E-state index in [-0.39, 0.29) is 23.9 Å². The van der Waals surface area contributed by atoms with Crippen LogP contribution in [-0.4, -0.2) is 46.4 Å². The second-order valence-corrected chi connectivity index (χ2v) is 8.77. The standard InChI is InChI=1S/C25H32N4O3/c1-17-26-16-21(24(30)28-19-10-4-3-5-11-19)23(27-17)22-13-6-7-14-29(22)25(31)18-9-8-12-20(15-18)32-2/h8-9,12,15-16,19,22H,3-7,10-11,13-14H2,1-2H3,(H,28,30). The van der Waals surface area contributed by atoms with Crippen molar-refractivity contribution in [2.24, 2.45) is 0 Å². The molecule has 1 N–H and O–H groups in total. The Hall–Kier alpha value is -2.96. The average Bonchev–Trinajstić information content (AvgIpc) is 2.84. The summed E-state index contributed by atoms with van der Waals surface area (Å²) in [5.41, 5.74) is 1.72. The SMILES string of the molecule is COc1cccc(C(=O)N2CCCCC2c2nc(C)ncc2C(=O)NC2CCCCC2)c1. The highest BCUT2D eigenvalue weighted by atomic mass is 16.5. The van der Waals surface area contributed by atoms with E-state index in [1.54, 1.807) is 25.4 Å². The fourth-order valence-electron chi connectivity index (χ4n) is 4.81. The Labute approximate surface area is 189 Å². The molecule has 1 aromatic carbocycles. The van der Waals surface area contributed by atoms with Crippen LogP contribution in [0.15, 0.2) is 30.5 Å². The molecule has 2 aromatic rings. The molecule has 1 aliphatic carbocycles. The molecular weight excluding hydrogens is 404 g/mol. The number of hydrogen-bond donors (Lipinski definition) is 1. The lowest BCUT2D eigenvalue weighted by Gasteiger charge is -2.36. The van der Waals surface area contributed by atoms with Gasteiger partial charge in [-0.05, 0) is 57.2 Å². The second-order valence-electron chi connectivity index (χ2n) is 8.77. The number of aromatic nitrogens is 2. The van der Waals surface area contributed by atoms with Gasteiger partial charge >= 0.3 is 0 Å². The Morgan fingerprint density at radius 3 is 2.66 bits per heavy atom. The molecule has 32 heavy (non-hydrogen) atoms. The first-order chi connectivity index (χ1) is 15.6. The number of likely N-dealkylation sites (tertiary alicyclic amines) is 1. The summed E-state index contributed by atoms with van der Waals surface area (Å²) in [5.74, 6) is 1.05. The molecule has 1 aliphatic heterocycles. The smallest absolute Gasteiger partial charge is 0.255 e. The number of methoxy groups -OCH3 is 1. The van der Waals surface area contributed by atoms with Crippen molar-refractivity contribution in [1.82, 2.24) is 20.2 Å². The van der Waals surface area contributed by atoms with E-state index in [1.165, 1.54) is 6.42 Å². The maximum atomic E-state index is 13.5. The monoisotopic (exact) mass is 436 g/mol. The van der Waals surface area contributed by atoms with Crippen molar-refractivity contribution in [2.75, 3.05) is 13.7 Å². The summed E-state index contributed by atoms with van der Waals surface area (Å²) in [5, 5.41) is 3.19. The highest BCUT2D eigenvalue weighted by Gasteiger charge is 2.33. The number of nitrogens with zero attached hydrogens (tertiary/aromatic N) is 3. The van der Waals surface area contributed by atoms with Gasteiger partial charge in [0.05, 0.1) is 24.4 Å². The van der Waals surface area contributed by atoms with E-state index in [9.17, 15) is 9.59 Å². The number of amides is 2. The fraction of sp³-hybridized carbons (Fsp3) is 0.520. The van der Waals surface area contributed by atoms with E-state index in [1.807, 2.05) is 24.0 Å². The van der Waals surface area contributed by atoms with Gasteiger partial charge in [0, 0.05) is 24.3 Å². The van der Waals surface area contributed by atoms with Gasteiger partial charge < -0.3 is 15.0 Å². The van der Waals surface area contributed by atoms with Gasteiger partial charge in [-0.1, -0.05) is 25.3 Å². The van der Waals surface area contributed by atoms with E-state index in [2.05, 4.69) is 15.3 Å². The Kier molecular flexibility index (Phi) is 7.02. The Morgan fingerprint density at radius 1 is 1.09 bits per heavy atom. The lowest BCUT2D eigenvalue weighted by atomic mass is 9.93. The lowest BCUT2D eigenvalue weighted by Crippen LogP contribution is -2.41. The summed E-state index contributed by atoms with van der Waals surface area (Å²) in [4.78, 5) is 37.5. The van der Waals surface area contributed by atoms with Crippen molar-refractivity contribution in [3.8, 4) is 5.75 Å². The molecular formula is C25H32N4O3. The number of nitrogens with one attached hydrogen (secondary N) is 1. The van der Waals surface area contributed by atoms with E-state index >= 15 is 0 Å². The highest BCUT2D eigenvalue weighted by Crippen LogP contribution is 2.33. The first-order valence-corrected chi connectivity index (χ1v) is 11.7. The van der Waals surface area contributed by atoms with E-state index in [0.29, 0.717) is 34.9 Å². The van der Waals surface area contributed by atoms with Crippen LogP contribution < -0.4 is 10.1 Å². The third kappa shape index (κ3) is 4.92. The third-order valence-corrected chi connectivity index (χ3v) is 6.52. The summed E-state index contributed by atoms with van der Waals surface area (Å²) in [6, 6.07) is 7.16. The third-order valence-electron chi connectivity index (χ3n) is 6.52. The fourth-order valence-corrected chi connectivity index (χ4v) is 4.81. The molecule has 2 heterocycles. The van der Waals surface area contributed by atoms with Gasteiger partial charge in [-0.25, -0.2) is 9.97 Å². The van der Waals surface area contributed by atoms with Gasteiger partial charge in [-0.2, -0.15) is 0 Å². The van der Waals surface area contributed by atoms with Crippen LogP contribution in [0.1, 0.15) is 89.6 Å². The number of aryl methyl sites for hydroxylation is 1. The second kappa shape index (κ2) is 10.1. The number of ether oxygens (including phenoxy) is 1. The van der Waals surface area contributed by atoms with Crippen LogP contribution in [0.2, 0.25) is 0 Å². The number of hydrogen-bond acceptors (Lipinski definition) is 5. The summed E-state index contributed by atoms with van der Waals surface area (Å²) < 4.78 is 5.30. The zero-order valence-electron chi connectivity index (χ0n) is 19.0. The van der Waals surface area contributed by atoms with Gasteiger partial charge in [0.1, 0.15) is 11.6 Å². The lowest BCUT2D eigenvalue weighted by molar-refractivity contribution is 0.0600. The van der Waals surface area contributed by atoms with Gasteiger partial charge in [0.25, 0.3) is 11.8 Å². The van der Waals surface area contributed by atoms with Crippen LogP contribution in [0.3, 0.4) is 0 Å². The van der Waals surface area contributed by atoms with Crippen molar-refractivity contribution in [3.05, 3.63) is 53.1 Å². The zero-order valence-corrected chi connectivity index (χ0v) is 19.0. The minimum atomic E-state index is -0.253. The molecule has 1 unspecified atom stereocenters. The molecule has 0 radical (unpaired) electrons. The van der Waals surface area contributed by atoms with Crippen molar-refractivity contribution in [3.63, 3.8) is 0 Å². The maximum absolute atomic E-state index is 13.5. The van der Waals surface area contributed by atoms with E-state index in [0.717, 1.165) is 44.9 Å². The van der Waals surface area contributed by atoms with E-state index < -0.39 is 0 Å². The van der Waals surface area contributed by atoms with Crippen LogP contribution >= 0.6 is 0 Å². The van der Waals surface area contributed by atoms with Gasteiger partial charge in [0.2, 0.25) is 0 Å². The van der Waals surface area contributed by atoms with Crippen LogP contribution in [0.5, 0.6) is 5.75 Å². The molecule has 1 atom stereocenters. The van der Waals surface area contributed by atoms with Crippen molar-refractivity contribution in [2.45, 2.75) is 70.4 Å². The van der Waals surface area contributed by atoms with Gasteiger partial charge in [-0.15, -0.1) is 0 Å². The summed E-state index contributed by atoms with van der Waals surface area (Å²) in [6.45, 7) is 2.46. The molecule has 1 saturated heterocycles. The van der Waals surface area contributed by atoms with Crippen molar-refractivity contribution in [1.29, 1.82) is 0 Å². The molecule has 2 amide bonds. The Morgan fingerprint density at radius 2 is 1.88 bits per heavy atom. The first kappa shape index (κ1) is 22.2. The molecule has 2 fully saturated rings. The minimum absolute atomic E-state index is 0.0662. The predicted molar refractivity (Wildman–Crippen MR) is 122 cm³/mol. The molecule has 170 valence electrons. The van der Waals surface area contributed by atoms with E-state index in [4.69, 9.17) is 4.74 Å². The predicted octanol–water partition coefficient (Wildman–Crippen LogP) is 4.22. The maximum Gasteiger partial charge on any atom is 0.255 e. The molecule has 2 aliphatic rings. The molecule has 0 spiro atoms. The Balaban J connectivity index is 1.63. The molecule has 1 saturated carbocycles. The number of carbonyl (C=O) groups excluding carboxylic acids is 2. The van der Waals surface area contributed by atoms with Crippen molar-refractivity contribution >= 4 is 11.8 Å². The molecule has 7 heteroatoms. The molecule has 4 rings (SSSR count). The van der Waals surface area contributed by atoms with Crippen LogP contribution in [0.25, 0.3) is 0 Å². The minimum Gasteiger partial charge on any atom is -0.497 e. The number of piperidine rings is 1. The quantitative estimate of drug-likeness (QED) is 0.758. The number of rotatable bonds is 5.